The first-order chi connectivity index (χ1) is 6.43. The van der Waals surface area contributed by atoms with E-state index in [1.807, 2.05) is 0 Å². The van der Waals surface area contributed by atoms with Crippen molar-refractivity contribution in [2.24, 2.45) is 17.1 Å². The van der Waals surface area contributed by atoms with Gasteiger partial charge in [-0.3, -0.25) is 4.79 Å². The normalized spacial score (nSPS) is 31.1. The molecule has 3 N–H and O–H groups in total. The van der Waals surface area contributed by atoms with Crippen LogP contribution in [0.3, 0.4) is 0 Å². The lowest BCUT2D eigenvalue weighted by atomic mass is 9.70. The first-order valence-electron chi connectivity index (χ1n) is 5.42. The molecule has 3 nitrogen and oxygen atoms in total. The number of carbonyl (C=O) groups is 1. The van der Waals surface area contributed by atoms with Crippen molar-refractivity contribution in [2.45, 2.75) is 46.1 Å². The van der Waals surface area contributed by atoms with E-state index in [2.05, 4.69) is 26.1 Å². The Labute approximate surface area is 86.4 Å². The zero-order valence-corrected chi connectivity index (χ0v) is 9.47. The number of carbonyl (C=O) groups excluding carboxylic acids is 1. The second-order valence-corrected chi connectivity index (χ2v) is 5.38. The summed E-state index contributed by atoms with van der Waals surface area (Å²) in [5.74, 6) is 0.668. The third kappa shape index (κ3) is 3.29. The van der Waals surface area contributed by atoms with Gasteiger partial charge in [-0.05, 0) is 30.6 Å². The average molecular weight is 198 g/mol. The van der Waals surface area contributed by atoms with Gasteiger partial charge in [-0.2, -0.15) is 0 Å². The van der Waals surface area contributed by atoms with Crippen LogP contribution < -0.4 is 11.1 Å². The molecule has 0 aliphatic heterocycles. The molecule has 1 aliphatic carbocycles. The van der Waals surface area contributed by atoms with Crippen LogP contribution in [0.25, 0.3) is 0 Å². The highest BCUT2D eigenvalue weighted by Crippen LogP contribution is 2.38. The van der Waals surface area contributed by atoms with E-state index in [0.717, 1.165) is 12.8 Å². The zero-order chi connectivity index (χ0) is 10.8. The van der Waals surface area contributed by atoms with Gasteiger partial charge in [0.1, 0.15) is 0 Å². The topological polar surface area (TPSA) is 55.1 Å². The Morgan fingerprint density at radius 2 is 2.14 bits per heavy atom. The minimum Gasteiger partial charge on any atom is -0.352 e. The summed E-state index contributed by atoms with van der Waals surface area (Å²) in [4.78, 5) is 11.2. The van der Waals surface area contributed by atoms with Crippen molar-refractivity contribution in [3.63, 3.8) is 0 Å². The minimum absolute atomic E-state index is 0.0279. The lowest BCUT2D eigenvalue weighted by Crippen LogP contribution is -2.44. The summed E-state index contributed by atoms with van der Waals surface area (Å²) in [6, 6.07) is 0.324. The quantitative estimate of drug-likeness (QED) is 0.702. The average Bonchev–Trinajstić information content (AvgIpc) is 1.99. The maximum absolute atomic E-state index is 11.2. The smallest absolute Gasteiger partial charge is 0.233 e. The number of amides is 1. The highest BCUT2D eigenvalue weighted by molar-refractivity contribution is 5.78. The Kier molecular flexibility index (Phi) is 3.53. The number of rotatable bonds is 2. The molecule has 0 aromatic carbocycles. The highest BCUT2D eigenvalue weighted by atomic mass is 16.1. The molecule has 0 heterocycles. The summed E-state index contributed by atoms with van der Waals surface area (Å²) >= 11 is 0. The fourth-order valence-corrected chi connectivity index (χ4v) is 2.74. The number of hydrogen-bond acceptors (Lipinski definition) is 2. The molecule has 1 fully saturated rings. The van der Waals surface area contributed by atoms with E-state index in [-0.39, 0.29) is 12.5 Å². The van der Waals surface area contributed by atoms with Gasteiger partial charge in [-0.25, -0.2) is 0 Å². The summed E-state index contributed by atoms with van der Waals surface area (Å²) in [6.45, 7) is 6.89. The summed E-state index contributed by atoms with van der Waals surface area (Å²) in [6.07, 6.45) is 3.42. The summed E-state index contributed by atoms with van der Waals surface area (Å²) in [5.41, 5.74) is 5.63. The predicted molar refractivity (Wildman–Crippen MR) is 57.8 cm³/mol. The summed E-state index contributed by atoms with van der Waals surface area (Å²) in [5, 5.41) is 2.99. The van der Waals surface area contributed by atoms with Gasteiger partial charge in [0.05, 0.1) is 6.54 Å². The van der Waals surface area contributed by atoms with Gasteiger partial charge in [-0.1, -0.05) is 20.8 Å². The van der Waals surface area contributed by atoms with Gasteiger partial charge >= 0.3 is 0 Å². The van der Waals surface area contributed by atoms with E-state index in [4.69, 9.17) is 5.73 Å². The van der Waals surface area contributed by atoms with Crippen molar-refractivity contribution < 1.29 is 4.79 Å². The Morgan fingerprint density at radius 3 is 2.64 bits per heavy atom. The third-order valence-corrected chi connectivity index (χ3v) is 2.94. The zero-order valence-electron chi connectivity index (χ0n) is 9.47. The standard InChI is InChI=1S/C11H22N2O/c1-8-4-9(13-10(14)7-12)6-11(2,3)5-8/h8-9H,4-7,12H2,1-3H3,(H,13,14). The van der Waals surface area contributed by atoms with Gasteiger partial charge in [-0.15, -0.1) is 0 Å². The minimum atomic E-state index is -0.0279. The van der Waals surface area contributed by atoms with Crippen molar-refractivity contribution in [3.05, 3.63) is 0 Å². The maximum atomic E-state index is 11.2. The molecule has 0 radical (unpaired) electrons. The molecule has 0 spiro atoms. The van der Waals surface area contributed by atoms with Crippen molar-refractivity contribution in [2.75, 3.05) is 6.54 Å². The Hall–Kier alpha value is -0.570. The second-order valence-electron chi connectivity index (χ2n) is 5.38. The number of nitrogens with one attached hydrogen (secondary N) is 1. The largest absolute Gasteiger partial charge is 0.352 e. The highest BCUT2D eigenvalue weighted by Gasteiger charge is 2.32. The van der Waals surface area contributed by atoms with E-state index in [0.29, 0.717) is 17.4 Å². The first kappa shape index (κ1) is 11.5. The van der Waals surface area contributed by atoms with E-state index >= 15 is 0 Å². The van der Waals surface area contributed by atoms with Crippen LogP contribution in [0, 0.1) is 11.3 Å². The fraction of sp³-hybridized carbons (Fsp3) is 0.909. The van der Waals surface area contributed by atoms with Crippen LogP contribution in [0.5, 0.6) is 0 Å². The van der Waals surface area contributed by atoms with E-state index < -0.39 is 0 Å². The monoisotopic (exact) mass is 198 g/mol. The molecule has 1 aliphatic rings. The van der Waals surface area contributed by atoms with Crippen molar-refractivity contribution in [1.82, 2.24) is 5.32 Å². The van der Waals surface area contributed by atoms with Crippen molar-refractivity contribution in [1.29, 1.82) is 0 Å². The van der Waals surface area contributed by atoms with Crippen LogP contribution in [-0.2, 0) is 4.79 Å². The lowest BCUT2D eigenvalue weighted by molar-refractivity contribution is -0.121. The fourth-order valence-electron chi connectivity index (χ4n) is 2.74. The molecule has 0 aromatic heterocycles. The molecule has 0 saturated heterocycles. The molecule has 1 rings (SSSR count). The third-order valence-electron chi connectivity index (χ3n) is 2.94. The van der Waals surface area contributed by atoms with Gasteiger partial charge in [0.2, 0.25) is 5.91 Å². The molecule has 3 heteroatoms. The van der Waals surface area contributed by atoms with Gasteiger partial charge in [0.15, 0.2) is 0 Å². The number of hydrogen-bond donors (Lipinski definition) is 2. The van der Waals surface area contributed by atoms with E-state index in [1.165, 1.54) is 6.42 Å². The molecule has 2 unspecified atom stereocenters. The molecule has 0 aromatic rings. The van der Waals surface area contributed by atoms with Gasteiger partial charge < -0.3 is 11.1 Å². The molecule has 1 saturated carbocycles. The molecule has 82 valence electrons. The Morgan fingerprint density at radius 1 is 1.50 bits per heavy atom. The molecule has 0 bridgehead atoms. The lowest BCUT2D eigenvalue weighted by Gasteiger charge is -2.39. The second kappa shape index (κ2) is 4.30. The van der Waals surface area contributed by atoms with E-state index in [1.54, 1.807) is 0 Å². The number of nitrogens with two attached hydrogens (primary N) is 1. The van der Waals surface area contributed by atoms with Crippen LogP contribution in [0.1, 0.15) is 40.0 Å². The summed E-state index contributed by atoms with van der Waals surface area (Å²) in [7, 11) is 0. The Bertz CT molecular complexity index is 213. The Balaban J connectivity index is 2.50. The molecule has 2 atom stereocenters. The molecule has 1 amide bonds. The molecular formula is C11H22N2O. The van der Waals surface area contributed by atoms with Crippen molar-refractivity contribution >= 4 is 5.91 Å². The van der Waals surface area contributed by atoms with E-state index in [9.17, 15) is 4.79 Å². The maximum Gasteiger partial charge on any atom is 0.233 e. The van der Waals surface area contributed by atoms with Gasteiger partial charge in [0, 0.05) is 6.04 Å². The summed E-state index contributed by atoms with van der Waals surface area (Å²) < 4.78 is 0. The molecule has 14 heavy (non-hydrogen) atoms. The van der Waals surface area contributed by atoms with Crippen LogP contribution in [0.4, 0.5) is 0 Å². The molecular weight excluding hydrogens is 176 g/mol. The SMILES string of the molecule is CC1CC(NC(=O)CN)CC(C)(C)C1. The van der Waals surface area contributed by atoms with Crippen LogP contribution >= 0.6 is 0 Å². The van der Waals surface area contributed by atoms with Crippen LogP contribution in [-0.4, -0.2) is 18.5 Å². The van der Waals surface area contributed by atoms with Gasteiger partial charge in [0.25, 0.3) is 0 Å². The van der Waals surface area contributed by atoms with Crippen molar-refractivity contribution in [3.8, 4) is 0 Å². The predicted octanol–water partition coefficient (Wildman–Crippen LogP) is 1.28. The first-order valence-corrected chi connectivity index (χ1v) is 5.42. The van der Waals surface area contributed by atoms with Crippen LogP contribution in [0.15, 0.2) is 0 Å². The van der Waals surface area contributed by atoms with Crippen LogP contribution in [0.2, 0.25) is 0 Å².